The van der Waals surface area contributed by atoms with Gasteiger partial charge in [-0.25, -0.2) is 9.97 Å². The lowest BCUT2D eigenvalue weighted by molar-refractivity contribution is 0.102. The Morgan fingerprint density at radius 3 is 1.33 bits per heavy atom. The van der Waals surface area contributed by atoms with Crippen molar-refractivity contribution in [3.63, 3.8) is 0 Å². The lowest BCUT2D eigenvalue weighted by Gasteiger charge is -2.12. The predicted molar refractivity (Wildman–Crippen MR) is 197 cm³/mol. The van der Waals surface area contributed by atoms with Crippen molar-refractivity contribution in [2.24, 2.45) is 0 Å². The zero-order valence-electron chi connectivity index (χ0n) is 27.6. The van der Waals surface area contributed by atoms with Crippen molar-refractivity contribution >= 4 is 45.0 Å². The molecule has 8 rings (SSSR count). The van der Waals surface area contributed by atoms with Gasteiger partial charge in [-0.15, -0.1) is 0 Å². The molecule has 0 radical (unpaired) electrons. The van der Waals surface area contributed by atoms with E-state index in [0.717, 1.165) is 22.3 Å². The zero-order valence-corrected chi connectivity index (χ0v) is 27.6. The van der Waals surface area contributed by atoms with Crippen LogP contribution in [0.25, 0.3) is 44.7 Å². The van der Waals surface area contributed by atoms with Gasteiger partial charge in [0.1, 0.15) is 34.4 Å². The molecule has 4 aromatic carbocycles. The molecule has 51 heavy (non-hydrogen) atoms. The van der Waals surface area contributed by atoms with Crippen molar-refractivity contribution in [3.05, 3.63) is 156 Å². The minimum atomic E-state index is -0.267. The van der Waals surface area contributed by atoms with Crippen molar-refractivity contribution in [2.75, 3.05) is 10.6 Å². The van der Waals surface area contributed by atoms with Crippen molar-refractivity contribution in [1.82, 2.24) is 9.97 Å². The van der Waals surface area contributed by atoms with Crippen LogP contribution in [0.15, 0.2) is 142 Å². The van der Waals surface area contributed by atoms with Crippen LogP contribution in [0.2, 0.25) is 0 Å². The second-order valence-electron chi connectivity index (χ2n) is 12.0. The van der Waals surface area contributed by atoms with Crippen molar-refractivity contribution in [1.29, 1.82) is 0 Å². The Morgan fingerprint density at radius 2 is 0.941 bits per heavy atom. The number of furan rings is 2. The predicted octanol–water partition coefficient (Wildman–Crippen LogP) is 10.2. The van der Waals surface area contributed by atoms with Gasteiger partial charge in [-0.2, -0.15) is 0 Å². The third-order valence-corrected chi connectivity index (χ3v) is 8.37. The molecule has 2 amide bonds. The summed E-state index contributed by atoms with van der Waals surface area (Å²) < 4.78 is 17.6. The lowest BCUT2D eigenvalue weighted by atomic mass is 10.1. The van der Waals surface area contributed by atoms with E-state index < -0.39 is 0 Å². The maximum Gasteiger partial charge on any atom is 0.256 e. The highest BCUT2D eigenvalue weighted by Crippen LogP contribution is 2.30. The molecule has 0 spiro atoms. The minimum Gasteiger partial charge on any atom is -0.460 e. The van der Waals surface area contributed by atoms with Crippen LogP contribution in [-0.2, 0) is 0 Å². The Balaban J connectivity index is 0.946. The summed E-state index contributed by atoms with van der Waals surface area (Å²) in [7, 11) is 0. The molecule has 0 aliphatic carbocycles. The highest BCUT2D eigenvalue weighted by Gasteiger charge is 2.17. The second kappa shape index (κ2) is 13.1. The van der Waals surface area contributed by atoms with Crippen LogP contribution >= 0.6 is 0 Å². The standard InChI is InChI=1S/C42H30N4O5/c1-25-11-21-39(49-25)37-23-33(31-7-3-5-9-35(31)45-37)41(47)43-27-13-17-29(18-14-27)51-30-19-15-28(16-20-30)44-42(48)34-24-38(40-22-12-26(2)50-40)46-36-10-6-4-8-32(34)36/h3-24H,1-2H3,(H,43,47)(H,44,48). The number of aryl methyl sites for hydroxylation is 2. The van der Waals surface area contributed by atoms with Gasteiger partial charge in [-0.05, 0) is 111 Å². The molecule has 248 valence electrons. The van der Waals surface area contributed by atoms with Crippen molar-refractivity contribution in [3.8, 4) is 34.4 Å². The Hall–Kier alpha value is -7.00. The molecule has 4 heterocycles. The van der Waals surface area contributed by atoms with Gasteiger partial charge in [0.15, 0.2) is 11.5 Å². The molecule has 0 fully saturated rings. The molecule has 0 aliphatic rings. The smallest absolute Gasteiger partial charge is 0.256 e. The highest BCUT2D eigenvalue weighted by atomic mass is 16.5. The van der Waals surface area contributed by atoms with Crippen molar-refractivity contribution in [2.45, 2.75) is 13.8 Å². The topological polar surface area (TPSA) is 119 Å². The van der Waals surface area contributed by atoms with Gasteiger partial charge in [0.05, 0.1) is 22.2 Å². The number of carbonyl (C=O) groups excluding carboxylic acids is 2. The van der Waals surface area contributed by atoms with Crippen LogP contribution in [0.5, 0.6) is 11.5 Å². The number of ether oxygens (including phenoxy) is 1. The summed E-state index contributed by atoms with van der Waals surface area (Å²) in [6.07, 6.45) is 0. The van der Waals surface area contributed by atoms with E-state index in [9.17, 15) is 9.59 Å². The molecule has 2 N–H and O–H groups in total. The monoisotopic (exact) mass is 670 g/mol. The van der Waals surface area contributed by atoms with E-state index >= 15 is 0 Å². The average Bonchev–Trinajstić information content (AvgIpc) is 3.80. The number of nitrogens with zero attached hydrogens (tertiary/aromatic N) is 2. The summed E-state index contributed by atoms with van der Waals surface area (Å²) in [5.41, 5.74) is 4.76. The van der Waals surface area contributed by atoms with E-state index in [1.54, 1.807) is 60.7 Å². The number of amides is 2. The summed E-state index contributed by atoms with van der Waals surface area (Å²) >= 11 is 0. The van der Waals surface area contributed by atoms with E-state index in [1.165, 1.54) is 0 Å². The quantitative estimate of drug-likeness (QED) is 0.165. The highest BCUT2D eigenvalue weighted by molar-refractivity contribution is 6.14. The fourth-order valence-electron chi connectivity index (χ4n) is 5.87. The van der Waals surface area contributed by atoms with Gasteiger partial charge in [0.25, 0.3) is 11.8 Å². The van der Waals surface area contributed by atoms with Gasteiger partial charge >= 0.3 is 0 Å². The maximum atomic E-state index is 13.5. The first-order valence-corrected chi connectivity index (χ1v) is 16.3. The zero-order chi connectivity index (χ0) is 34.9. The van der Waals surface area contributed by atoms with E-state index in [2.05, 4.69) is 10.6 Å². The Kier molecular flexibility index (Phi) is 8.05. The van der Waals surface area contributed by atoms with Gasteiger partial charge < -0.3 is 24.2 Å². The fourth-order valence-corrected chi connectivity index (χ4v) is 5.87. The van der Waals surface area contributed by atoms with E-state index in [-0.39, 0.29) is 11.8 Å². The third-order valence-electron chi connectivity index (χ3n) is 8.37. The SMILES string of the molecule is Cc1ccc(-c2cc(C(=O)Nc3ccc(Oc4ccc(NC(=O)c5cc(-c6ccc(C)o6)nc6ccccc56)cc4)cc3)c3ccccc3n2)o1. The van der Waals surface area contributed by atoms with Crippen LogP contribution < -0.4 is 15.4 Å². The number of pyridine rings is 2. The van der Waals surface area contributed by atoms with Gasteiger partial charge in [-0.3, -0.25) is 9.59 Å². The second-order valence-corrected chi connectivity index (χ2v) is 12.0. The molecule has 0 saturated carbocycles. The van der Waals surface area contributed by atoms with E-state index in [1.807, 2.05) is 86.6 Å². The number of para-hydroxylation sites is 2. The molecule has 0 aliphatic heterocycles. The van der Waals surface area contributed by atoms with E-state index in [0.29, 0.717) is 67.9 Å². The summed E-state index contributed by atoms with van der Waals surface area (Å²) in [5.74, 6) is 3.36. The summed E-state index contributed by atoms with van der Waals surface area (Å²) in [5, 5.41) is 7.45. The molecule has 8 aromatic rings. The molecule has 0 bridgehead atoms. The third kappa shape index (κ3) is 6.56. The Bertz CT molecular complexity index is 2390. The van der Waals surface area contributed by atoms with Crippen LogP contribution in [-0.4, -0.2) is 21.8 Å². The first-order chi connectivity index (χ1) is 24.9. The number of fused-ring (bicyclic) bond motifs is 2. The number of hydrogen-bond donors (Lipinski definition) is 2. The van der Waals surface area contributed by atoms with Crippen LogP contribution in [0.1, 0.15) is 32.2 Å². The van der Waals surface area contributed by atoms with Gasteiger partial charge in [-0.1, -0.05) is 36.4 Å². The molecule has 9 nitrogen and oxygen atoms in total. The number of carbonyl (C=O) groups is 2. The number of anilines is 2. The molecule has 9 heteroatoms. The summed E-state index contributed by atoms with van der Waals surface area (Å²) in [6.45, 7) is 3.73. The Labute approximate surface area is 292 Å². The van der Waals surface area contributed by atoms with Crippen LogP contribution in [0.4, 0.5) is 11.4 Å². The largest absolute Gasteiger partial charge is 0.460 e. The maximum absolute atomic E-state index is 13.5. The average molecular weight is 671 g/mol. The summed E-state index contributed by atoms with van der Waals surface area (Å²) in [4.78, 5) is 36.4. The number of hydrogen-bond acceptors (Lipinski definition) is 7. The van der Waals surface area contributed by atoms with Crippen LogP contribution in [0, 0.1) is 13.8 Å². The van der Waals surface area contributed by atoms with Crippen LogP contribution in [0.3, 0.4) is 0 Å². The number of rotatable bonds is 8. The number of nitrogens with one attached hydrogen (secondary N) is 2. The fraction of sp³-hybridized carbons (Fsp3) is 0.0476. The first-order valence-electron chi connectivity index (χ1n) is 16.3. The minimum absolute atomic E-state index is 0.267. The molecule has 4 aromatic heterocycles. The number of aromatic nitrogens is 2. The molecule has 0 saturated heterocycles. The normalized spacial score (nSPS) is 11.1. The molecule has 0 unspecified atom stereocenters. The first kappa shape index (κ1) is 31.3. The van der Waals surface area contributed by atoms with Crippen molar-refractivity contribution < 1.29 is 23.2 Å². The van der Waals surface area contributed by atoms with E-state index in [4.69, 9.17) is 23.5 Å². The molecule has 0 atom stereocenters. The summed E-state index contributed by atoms with van der Waals surface area (Å²) in [6, 6.07) is 40.2. The van der Waals surface area contributed by atoms with Gasteiger partial charge in [0, 0.05) is 22.1 Å². The Morgan fingerprint density at radius 1 is 0.529 bits per heavy atom. The molecular weight excluding hydrogens is 640 g/mol. The molecular formula is C42H30N4O5. The van der Waals surface area contributed by atoms with Gasteiger partial charge in [0.2, 0.25) is 0 Å². The number of benzene rings is 4. The lowest BCUT2D eigenvalue weighted by Crippen LogP contribution is -2.13.